The molecule has 0 fully saturated rings. The maximum atomic E-state index is 13.0. The summed E-state index contributed by atoms with van der Waals surface area (Å²) >= 11 is 3.41. The van der Waals surface area contributed by atoms with E-state index in [1.165, 1.54) is 13.3 Å². The molecule has 1 unspecified atom stereocenters. The first-order valence-electron chi connectivity index (χ1n) is 9.25. The number of aromatic nitrogens is 2. The monoisotopic (exact) mass is 471 g/mol. The smallest absolute Gasteiger partial charge is 0.307 e. The van der Waals surface area contributed by atoms with Gasteiger partial charge < -0.3 is 14.8 Å². The number of ether oxygens (including phenoxy) is 2. The van der Waals surface area contributed by atoms with Crippen molar-refractivity contribution in [1.82, 2.24) is 15.1 Å². The molecular formula is C22H22BrN3O4. The van der Waals surface area contributed by atoms with Crippen molar-refractivity contribution in [3.8, 4) is 11.4 Å². The highest BCUT2D eigenvalue weighted by Crippen LogP contribution is 2.23. The summed E-state index contributed by atoms with van der Waals surface area (Å²) in [5, 5.41) is 7.27. The van der Waals surface area contributed by atoms with E-state index in [4.69, 9.17) is 9.47 Å². The number of nitrogens with zero attached hydrogens (tertiary/aromatic N) is 2. The second kappa shape index (κ2) is 9.58. The molecule has 0 spiro atoms. The third-order valence-corrected chi connectivity index (χ3v) is 5.28. The zero-order valence-electron chi connectivity index (χ0n) is 16.9. The SMILES string of the molecule is COC(=O)CC(NC(=O)c1cnn(-c2ccc(Br)cc2)c1C)c1ccc(OC)cc1. The molecule has 3 aromatic rings. The summed E-state index contributed by atoms with van der Waals surface area (Å²) < 4.78 is 12.6. The fourth-order valence-electron chi connectivity index (χ4n) is 3.05. The van der Waals surface area contributed by atoms with Crippen LogP contribution in [0.25, 0.3) is 5.69 Å². The molecular weight excluding hydrogens is 450 g/mol. The van der Waals surface area contributed by atoms with Gasteiger partial charge in [-0.1, -0.05) is 28.1 Å². The van der Waals surface area contributed by atoms with Crippen LogP contribution in [0, 0.1) is 6.92 Å². The average Bonchev–Trinajstić information content (AvgIpc) is 3.15. The molecule has 0 bridgehead atoms. The fourth-order valence-corrected chi connectivity index (χ4v) is 3.31. The molecule has 8 heteroatoms. The lowest BCUT2D eigenvalue weighted by Crippen LogP contribution is -2.30. The largest absolute Gasteiger partial charge is 0.497 e. The van der Waals surface area contributed by atoms with Crippen LogP contribution >= 0.6 is 15.9 Å². The number of rotatable bonds is 7. The molecule has 0 aliphatic rings. The quantitative estimate of drug-likeness (QED) is 0.526. The molecule has 3 rings (SSSR count). The van der Waals surface area contributed by atoms with Gasteiger partial charge in [0.2, 0.25) is 0 Å². The lowest BCUT2D eigenvalue weighted by Gasteiger charge is -2.18. The number of amides is 1. The van der Waals surface area contributed by atoms with Crippen LogP contribution in [0.15, 0.2) is 59.2 Å². The van der Waals surface area contributed by atoms with Gasteiger partial charge in [-0.05, 0) is 48.9 Å². The van der Waals surface area contributed by atoms with Gasteiger partial charge in [-0.3, -0.25) is 9.59 Å². The van der Waals surface area contributed by atoms with Crippen LogP contribution in [0.5, 0.6) is 5.75 Å². The predicted molar refractivity (Wildman–Crippen MR) is 116 cm³/mol. The van der Waals surface area contributed by atoms with Crippen LogP contribution in [0.2, 0.25) is 0 Å². The highest BCUT2D eigenvalue weighted by molar-refractivity contribution is 9.10. The van der Waals surface area contributed by atoms with Gasteiger partial charge in [-0.15, -0.1) is 0 Å². The normalized spacial score (nSPS) is 11.6. The number of carbonyl (C=O) groups is 2. The Balaban J connectivity index is 1.84. The summed E-state index contributed by atoms with van der Waals surface area (Å²) in [6.45, 7) is 1.83. The molecule has 1 atom stereocenters. The van der Waals surface area contributed by atoms with Crippen LogP contribution in [-0.4, -0.2) is 35.9 Å². The van der Waals surface area contributed by atoms with Crippen molar-refractivity contribution in [3.05, 3.63) is 76.0 Å². The van der Waals surface area contributed by atoms with Crippen LogP contribution < -0.4 is 10.1 Å². The zero-order chi connectivity index (χ0) is 21.7. The molecule has 1 heterocycles. The number of nitrogens with one attached hydrogen (secondary N) is 1. The third kappa shape index (κ3) is 4.88. The molecule has 7 nitrogen and oxygen atoms in total. The van der Waals surface area contributed by atoms with Gasteiger partial charge in [-0.2, -0.15) is 5.10 Å². The molecule has 0 aliphatic carbocycles. The standard InChI is InChI=1S/C22H22BrN3O4/c1-14-19(13-24-26(14)17-8-6-16(23)7-9-17)22(28)25-20(12-21(27)30-3)15-4-10-18(29-2)11-5-15/h4-11,13,20H,12H2,1-3H3,(H,25,28). The fraction of sp³-hybridized carbons (Fsp3) is 0.227. The summed E-state index contributed by atoms with van der Waals surface area (Å²) in [6.07, 6.45) is 1.53. The number of carbonyl (C=O) groups excluding carboxylic acids is 2. The van der Waals surface area contributed by atoms with E-state index in [1.54, 1.807) is 23.9 Å². The van der Waals surface area contributed by atoms with Crippen LogP contribution in [0.3, 0.4) is 0 Å². The van der Waals surface area contributed by atoms with Crippen molar-refractivity contribution in [2.75, 3.05) is 14.2 Å². The van der Waals surface area contributed by atoms with Crippen molar-refractivity contribution in [3.63, 3.8) is 0 Å². The average molecular weight is 472 g/mol. The summed E-state index contributed by atoms with van der Waals surface area (Å²) in [6, 6.07) is 14.3. The van der Waals surface area contributed by atoms with Gasteiger partial charge in [0.25, 0.3) is 5.91 Å². The number of hydrogen-bond acceptors (Lipinski definition) is 5. The van der Waals surface area contributed by atoms with Crippen LogP contribution in [0.4, 0.5) is 0 Å². The summed E-state index contributed by atoms with van der Waals surface area (Å²) in [5.41, 5.74) is 2.74. The Morgan fingerprint density at radius 2 is 1.77 bits per heavy atom. The number of hydrogen-bond donors (Lipinski definition) is 1. The highest BCUT2D eigenvalue weighted by atomic mass is 79.9. The number of methoxy groups -OCH3 is 2. The third-order valence-electron chi connectivity index (χ3n) is 4.75. The molecule has 0 aliphatic heterocycles. The van der Waals surface area contributed by atoms with E-state index < -0.39 is 12.0 Å². The Morgan fingerprint density at radius 3 is 2.37 bits per heavy atom. The Morgan fingerprint density at radius 1 is 1.10 bits per heavy atom. The first-order chi connectivity index (χ1) is 14.4. The minimum atomic E-state index is -0.550. The number of esters is 1. The van der Waals surface area contributed by atoms with Crippen LogP contribution in [0.1, 0.15) is 34.1 Å². The molecule has 0 radical (unpaired) electrons. The topological polar surface area (TPSA) is 82.5 Å². The number of halogens is 1. The Bertz CT molecular complexity index is 1030. The molecule has 0 saturated heterocycles. The Hall–Kier alpha value is -3.13. The summed E-state index contributed by atoms with van der Waals surface area (Å²) in [4.78, 5) is 24.9. The first kappa shape index (κ1) is 21.6. The van der Waals surface area contributed by atoms with E-state index >= 15 is 0 Å². The second-order valence-corrected chi connectivity index (χ2v) is 7.53. The maximum Gasteiger partial charge on any atom is 0.307 e. The van der Waals surface area contributed by atoms with E-state index in [-0.39, 0.29) is 12.3 Å². The van der Waals surface area contributed by atoms with Crippen molar-refractivity contribution < 1.29 is 19.1 Å². The van der Waals surface area contributed by atoms with Crippen LogP contribution in [-0.2, 0) is 9.53 Å². The van der Waals surface area contributed by atoms with Gasteiger partial charge in [0.15, 0.2) is 0 Å². The Kier molecular flexibility index (Phi) is 6.89. The number of benzene rings is 2. The van der Waals surface area contributed by atoms with E-state index in [9.17, 15) is 9.59 Å². The van der Waals surface area contributed by atoms with Crippen molar-refractivity contribution in [2.45, 2.75) is 19.4 Å². The van der Waals surface area contributed by atoms with Gasteiger partial charge in [-0.25, -0.2) is 4.68 Å². The van der Waals surface area contributed by atoms with E-state index in [1.807, 2.05) is 43.3 Å². The van der Waals surface area contributed by atoms with Crippen molar-refractivity contribution in [1.29, 1.82) is 0 Å². The molecule has 1 N–H and O–H groups in total. The lowest BCUT2D eigenvalue weighted by atomic mass is 10.0. The molecule has 30 heavy (non-hydrogen) atoms. The molecule has 2 aromatic carbocycles. The van der Waals surface area contributed by atoms with Gasteiger partial charge in [0.05, 0.1) is 49.8 Å². The van der Waals surface area contributed by atoms with Crippen molar-refractivity contribution >= 4 is 27.8 Å². The molecule has 1 amide bonds. The van der Waals surface area contributed by atoms with E-state index in [0.717, 1.165) is 15.7 Å². The summed E-state index contributed by atoms with van der Waals surface area (Å²) in [5.74, 6) is -0.0486. The minimum absolute atomic E-state index is 0.00840. The predicted octanol–water partition coefficient (Wildman–Crippen LogP) is 3.99. The maximum absolute atomic E-state index is 13.0. The highest BCUT2D eigenvalue weighted by Gasteiger charge is 2.22. The zero-order valence-corrected chi connectivity index (χ0v) is 18.5. The summed E-state index contributed by atoms with van der Waals surface area (Å²) in [7, 11) is 2.90. The molecule has 156 valence electrons. The van der Waals surface area contributed by atoms with Gasteiger partial charge in [0.1, 0.15) is 5.75 Å². The minimum Gasteiger partial charge on any atom is -0.497 e. The van der Waals surface area contributed by atoms with Gasteiger partial charge in [0, 0.05) is 4.47 Å². The molecule has 1 aromatic heterocycles. The first-order valence-corrected chi connectivity index (χ1v) is 10.0. The van der Waals surface area contributed by atoms with Gasteiger partial charge >= 0.3 is 5.97 Å². The van der Waals surface area contributed by atoms with Crippen molar-refractivity contribution in [2.24, 2.45) is 0 Å². The lowest BCUT2D eigenvalue weighted by molar-refractivity contribution is -0.141. The van der Waals surface area contributed by atoms with E-state index in [2.05, 4.69) is 26.3 Å². The van der Waals surface area contributed by atoms with E-state index in [0.29, 0.717) is 17.0 Å². The molecule has 0 saturated carbocycles. The Labute approximate surface area is 183 Å². The second-order valence-electron chi connectivity index (χ2n) is 6.61.